The molecule has 3 nitrogen and oxygen atoms in total. The number of rotatable bonds is 3. The van der Waals surface area contributed by atoms with Crippen molar-refractivity contribution in [1.82, 2.24) is 0 Å². The highest BCUT2D eigenvalue weighted by Gasteiger charge is 2.26. The second-order valence-electron chi connectivity index (χ2n) is 1.39. The molecule has 0 aromatic carbocycles. The molecule has 62 valence electrons. The van der Waals surface area contributed by atoms with Crippen LogP contribution in [0.1, 0.15) is 6.42 Å². The average molecular weight is 177 g/mol. The van der Waals surface area contributed by atoms with Crippen molar-refractivity contribution in [3.05, 3.63) is 0 Å². The Morgan fingerprint density at radius 2 is 2.00 bits per heavy atom. The maximum Gasteiger partial charge on any atom is 0.391 e. The second-order valence-corrected chi connectivity index (χ2v) is 2.04. The molecule has 0 spiro atoms. The summed E-state index contributed by atoms with van der Waals surface area (Å²) in [6, 6.07) is 0. The van der Waals surface area contributed by atoms with E-state index in [1.165, 1.54) is 0 Å². The lowest BCUT2D eigenvalue weighted by Gasteiger charge is -2.07. The van der Waals surface area contributed by atoms with Crippen LogP contribution in [0.2, 0.25) is 0 Å². The highest BCUT2D eigenvalue weighted by atomic mass is 32.2. The van der Waals surface area contributed by atoms with Gasteiger partial charge in [-0.2, -0.15) is 13.2 Å². The molecule has 10 heavy (non-hydrogen) atoms. The number of hydrogen-bond acceptors (Lipinski definition) is 3. The van der Waals surface area contributed by atoms with Crippen LogP contribution in [0.5, 0.6) is 0 Å². The molecule has 0 saturated carbocycles. The van der Waals surface area contributed by atoms with Crippen LogP contribution in [-0.4, -0.2) is 21.5 Å². The SMILES string of the molecule is O=S([O-])OCCC(F)(F)F. The lowest BCUT2D eigenvalue weighted by atomic mass is 10.5. The molecule has 0 aromatic heterocycles. The first kappa shape index (κ1) is 9.86. The van der Waals surface area contributed by atoms with E-state index in [-0.39, 0.29) is 0 Å². The zero-order valence-electron chi connectivity index (χ0n) is 4.68. The smallest absolute Gasteiger partial charge is 0.391 e. The first-order chi connectivity index (χ1) is 4.42. The minimum Gasteiger partial charge on any atom is -0.750 e. The van der Waals surface area contributed by atoms with Crippen molar-refractivity contribution >= 4 is 11.4 Å². The van der Waals surface area contributed by atoms with Crippen molar-refractivity contribution in [3.63, 3.8) is 0 Å². The fourth-order valence-electron chi connectivity index (χ4n) is 0.225. The monoisotopic (exact) mass is 177 g/mol. The standard InChI is InChI=1S/C3H5F3O3S/c4-3(5,6)1-2-9-10(7)8/h1-2H2,(H,7,8)/p-1. The molecule has 0 bridgehead atoms. The lowest BCUT2D eigenvalue weighted by Crippen LogP contribution is -2.12. The van der Waals surface area contributed by atoms with Crippen molar-refractivity contribution in [2.45, 2.75) is 12.6 Å². The first-order valence-electron chi connectivity index (χ1n) is 2.21. The van der Waals surface area contributed by atoms with Gasteiger partial charge >= 0.3 is 6.18 Å². The molecule has 1 unspecified atom stereocenters. The van der Waals surface area contributed by atoms with Crippen LogP contribution in [0.3, 0.4) is 0 Å². The van der Waals surface area contributed by atoms with Gasteiger partial charge in [0.25, 0.3) is 0 Å². The van der Waals surface area contributed by atoms with E-state index in [0.29, 0.717) is 0 Å². The summed E-state index contributed by atoms with van der Waals surface area (Å²) in [6.45, 7) is -0.848. The fraction of sp³-hybridized carbons (Fsp3) is 1.00. The average Bonchev–Trinajstić information content (AvgIpc) is 1.59. The van der Waals surface area contributed by atoms with Gasteiger partial charge in [0.15, 0.2) is 0 Å². The molecule has 0 aromatic rings. The van der Waals surface area contributed by atoms with E-state index in [1.807, 2.05) is 0 Å². The van der Waals surface area contributed by atoms with Gasteiger partial charge in [0.2, 0.25) is 0 Å². The summed E-state index contributed by atoms with van der Waals surface area (Å²) in [4.78, 5) is 0. The Bertz CT molecular complexity index is 123. The van der Waals surface area contributed by atoms with Crippen LogP contribution in [0.15, 0.2) is 0 Å². The zero-order chi connectivity index (χ0) is 8.20. The summed E-state index contributed by atoms with van der Waals surface area (Å²) < 4.78 is 56.3. The maximum absolute atomic E-state index is 11.2. The van der Waals surface area contributed by atoms with Crippen LogP contribution in [-0.2, 0) is 15.5 Å². The van der Waals surface area contributed by atoms with E-state index in [2.05, 4.69) is 4.18 Å². The van der Waals surface area contributed by atoms with Gasteiger partial charge in [0.1, 0.15) is 0 Å². The maximum atomic E-state index is 11.2. The quantitative estimate of drug-likeness (QED) is 0.597. The Morgan fingerprint density at radius 1 is 1.50 bits per heavy atom. The van der Waals surface area contributed by atoms with Crippen LogP contribution >= 0.6 is 0 Å². The largest absolute Gasteiger partial charge is 0.750 e. The van der Waals surface area contributed by atoms with Crippen molar-refractivity contribution in [2.75, 3.05) is 6.61 Å². The van der Waals surface area contributed by atoms with E-state index in [0.717, 1.165) is 0 Å². The fourth-order valence-corrected chi connectivity index (χ4v) is 0.445. The lowest BCUT2D eigenvalue weighted by molar-refractivity contribution is -0.139. The molecule has 0 N–H and O–H groups in total. The van der Waals surface area contributed by atoms with Gasteiger partial charge in [-0.1, -0.05) is 0 Å². The van der Waals surface area contributed by atoms with Crippen molar-refractivity contribution in [2.24, 2.45) is 0 Å². The third-order valence-corrected chi connectivity index (χ3v) is 0.924. The molecule has 0 radical (unpaired) electrons. The predicted octanol–water partition coefficient (Wildman–Crippen LogP) is 0.750. The van der Waals surface area contributed by atoms with Gasteiger partial charge in [-0.05, 0) is 0 Å². The van der Waals surface area contributed by atoms with Crippen molar-refractivity contribution in [1.29, 1.82) is 0 Å². The summed E-state index contributed by atoms with van der Waals surface area (Å²) >= 11 is -2.85. The summed E-state index contributed by atoms with van der Waals surface area (Å²) in [5, 5.41) is 0. The molecule has 0 aliphatic carbocycles. The van der Waals surface area contributed by atoms with E-state index in [1.54, 1.807) is 0 Å². The third kappa shape index (κ3) is 7.86. The predicted molar refractivity (Wildman–Crippen MR) is 25.5 cm³/mol. The van der Waals surface area contributed by atoms with Gasteiger partial charge in [0.05, 0.1) is 24.4 Å². The molecule has 0 saturated heterocycles. The van der Waals surface area contributed by atoms with Crippen LogP contribution in [0, 0.1) is 0 Å². The number of hydrogen-bond donors (Lipinski definition) is 0. The van der Waals surface area contributed by atoms with Crippen LogP contribution in [0.25, 0.3) is 0 Å². The van der Waals surface area contributed by atoms with Gasteiger partial charge in [0, 0.05) is 0 Å². The van der Waals surface area contributed by atoms with Crippen LogP contribution < -0.4 is 0 Å². The van der Waals surface area contributed by atoms with Crippen molar-refractivity contribution < 1.29 is 26.1 Å². The Morgan fingerprint density at radius 3 is 2.30 bits per heavy atom. The minimum absolute atomic E-state index is 0.848. The molecule has 0 aliphatic heterocycles. The minimum atomic E-state index is -4.36. The Labute approximate surface area is 57.7 Å². The Balaban J connectivity index is 3.29. The van der Waals surface area contributed by atoms with E-state index >= 15 is 0 Å². The van der Waals surface area contributed by atoms with Crippen molar-refractivity contribution in [3.8, 4) is 0 Å². The molecule has 0 aliphatic rings. The molecular formula is C3H4F3O3S-. The molecule has 1 atom stereocenters. The highest BCUT2D eigenvalue weighted by Crippen LogP contribution is 2.18. The molecule has 0 fully saturated rings. The van der Waals surface area contributed by atoms with E-state index < -0.39 is 30.6 Å². The van der Waals surface area contributed by atoms with E-state index in [9.17, 15) is 21.9 Å². The normalized spacial score (nSPS) is 15.2. The summed E-state index contributed by atoms with van der Waals surface area (Å²) in [7, 11) is 0. The van der Waals surface area contributed by atoms with Gasteiger partial charge in [-0.25, -0.2) is 4.21 Å². The Hall–Kier alpha value is -0.140. The number of alkyl halides is 3. The third-order valence-electron chi connectivity index (χ3n) is 0.565. The molecule has 0 heterocycles. The van der Waals surface area contributed by atoms with Gasteiger partial charge in [-0.15, -0.1) is 0 Å². The second kappa shape index (κ2) is 3.89. The first-order valence-corrected chi connectivity index (χ1v) is 3.21. The summed E-state index contributed by atoms with van der Waals surface area (Å²) in [6.07, 6.45) is -5.61. The molecule has 0 rings (SSSR count). The molecular weight excluding hydrogens is 173 g/mol. The highest BCUT2D eigenvalue weighted by molar-refractivity contribution is 7.74. The summed E-state index contributed by atoms with van der Waals surface area (Å²) in [5.74, 6) is 0. The topological polar surface area (TPSA) is 49.4 Å². The number of halogens is 3. The Kier molecular flexibility index (Phi) is 3.84. The van der Waals surface area contributed by atoms with E-state index in [4.69, 9.17) is 0 Å². The molecule has 7 heteroatoms. The van der Waals surface area contributed by atoms with Gasteiger partial charge < -0.3 is 8.74 Å². The summed E-state index contributed by atoms with van der Waals surface area (Å²) in [5.41, 5.74) is 0. The van der Waals surface area contributed by atoms with Gasteiger partial charge in [-0.3, -0.25) is 0 Å². The van der Waals surface area contributed by atoms with Crippen LogP contribution in [0.4, 0.5) is 13.2 Å². The zero-order valence-corrected chi connectivity index (χ0v) is 5.50. The molecule has 0 amide bonds.